The molecule has 7 atom stereocenters. The molecular weight excluding hydrogens is 300 g/mol. The lowest BCUT2D eigenvalue weighted by molar-refractivity contribution is -0.124. The third kappa shape index (κ3) is 3.43. The lowest BCUT2D eigenvalue weighted by atomic mass is 9.62. The molecule has 0 amide bonds. The van der Waals surface area contributed by atoms with Gasteiger partial charge >= 0.3 is 0 Å². The van der Waals surface area contributed by atoms with Crippen molar-refractivity contribution >= 4 is 21.7 Å². The van der Waals surface area contributed by atoms with Crippen molar-refractivity contribution < 1.29 is 4.79 Å². The van der Waals surface area contributed by atoms with Gasteiger partial charge in [0, 0.05) is 10.7 Å². The zero-order valence-corrected chi connectivity index (χ0v) is 14.4. The number of halogens is 1. The van der Waals surface area contributed by atoms with E-state index in [9.17, 15) is 4.79 Å². The van der Waals surface area contributed by atoms with Crippen LogP contribution in [0.3, 0.4) is 0 Å². The fourth-order valence-corrected chi connectivity index (χ4v) is 5.46. The first kappa shape index (κ1) is 15.5. The van der Waals surface area contributed by atoms with E-state index in [1.807, 2.05) is 0 Å². The molecule has 0 aromatic heterocycles. The molecule has 0 radical (unpaired) electrons. The summed E-state index contributed by atoms with van der Waals surface area (Å²) in [6.07, 6.45) is 6.39. The molecular formula is C17H29BrO. The van der Waals surface area contributed by atoms with Crippen LogP contribution in [0.25, 0.3) is 0 Å². The van der Waals surface area contributed by atoms with Gasteiger partial charge < -0.3 is 0 Å². The molecule has 2 aliphatic carbocycles. The van der Waals surface area contributed by atoms with Gasteiger partial charge in [-0.25, -0.2) is 0 Å². The minimum atomic E-state index is 0.344. The third-order valence-corrected chi connectivity index (χ3v) is 7.20. The summed E-state index contributed by atoms with van der Waals surface area (Å²) in [4.78, 5) is 12.4. The number of carbonyl (C=O) groups is 1. The number of carbonyl (C=O) groups excluding carboxylic acids is 1. The summed E-state index contributed by atoms with van der Waals surface area (Å²) in [5, 5.41) is 0. The zero-order chi connectivity index (χ0) is 14.2. The van der Waals surface area contributed by atoms with Crippen LogP contribution in [0, 0.1) is 35.5 Å². The molecule has 0 saturated heterocycles. The van der Waals surface area contributed by atoms with E-state index >= 15 is 0 Å². The predicted molar refractivity (Wildman–Crippen MR) is 84.4 cm³/mol. The van der Waals surface area contributed by atoms with E-state index < -0.39 is 0 Å². The van der Waals surface area contributed by atoms with Gasteiger partial charge in [-0.1, -0.05) is 36.7 Å². The van der Waals surface area contributed by atoms with Crippen LogP contribution in [0.15, 0.2) is 0 Å². The second-order valence-corrected chi connectivity index (χ2v) is 8.55. The first-order valence-corrected chi connectivity index (χ1v) is 8.96. The predicted octanol–water partition coefficient (Wildman–Crippen LogP) is 5.07. The Kier molecular flexibility index (Phi) is 5.14. The zero-order valence-electron chi connectivity index (χ0n) is 12.9. The van der Waals surface area contributed by atoms with Crippen molar-refractivity contribution in [3.63, 3.8) is 0 Å². The number of hydrogen-bond acceptors (Lipinski definition) is 1. The molecule has 2 rings (SSSR count). The smallest absolute Gasteiger partial charge is 0.133 e. The average Bonchev–Trinajstić information content (AvgIpc) is 2.33. The van der Waals surface area contributed by atoms with Gasteiger partial charge in [0.05, 0.1) is 0 Å². The monoisotopic (exact) mass is 328 g/mol. The topological polar surface area (TPSA) is 17.1 Å². The van der Waals surface area contributed by atoms with E-state index in [4.69, 9.17) is 0 Å². The molecule has 19 heavy (non-hydrogen) atoms. The van der Waals surface area contributed by atoms with Crippen LogP contribution in [-0.2, 0) is 4.79 Å². The second kappa shape index (κ2) is 6.28. The van der Waals surface area contributed by atoms with Crippen LogP contribution in [-0.4, -0.2) is 10.6 Å². The lowest BCUT2D eigenvalue weighted by Gasteiger charge is -2.44. The summed E-state index contributed by atoms with van der Waals surface area (Å²) in [6, 6.07) is 0. The maximum Gasteiger partial charge on any atom is 0.133 e. The number of rotatable bonds is 2. The van der Waals surface area contributed by atoms with Crippen molar-refractivity contribution in [3.8, 4) is 0 Å². The third-order valence-electron chi connectivity index (χ3n) is 5.93. The van der Waals surface area contributed by atoms with Gasteiger partial charge in [0.1, 0.15) is 5.78 Å². The molecule has 0 spiro atoms. The number of Topliss-reactive ketones (excluding diaryl/α,β-unsaturated/α-hetero) is 1. The molecule has 0 aromatic carbocycles. The molecule has 2 heteroatoms. The highest BCUT2D eigenvalue weighted by Gasteiger charge is 2.39. The molecule has 7 unspecified atom stereocenters. The molecule has 0 aliphatic heterocycles. The molecule has 0 N–H and O–H groups in total. The van der Waals surface area contributed by atoms with Gasteiger partial charge in [-0.15, -0.1) is 0 Å². The Morgan fingerprint density at radius 3 is 2.21 bits per heavy atom. The highest BCUT2D eigenvalue weighted by atomic mass is 79.9. The molecule has 1 nitrogen and oxygen atoms in total. The van der Waals surface area contributed by atoms with Crippen LogP contribution in [0.2, 0.25) is 0 Å². The highest BCUT2D eigenvalue weighted by molar-refractivity contribution is 9.09. The maximum absolute atomic E-state index is 11.6. The number of alkyl halides is 1. The van der Waals surface area contributed by atoms with Gasteiger partial charge in [-0.3, -0.25) is 4.79 Å². The lowest BCUT2D eigenvalue weighted by Crippen LogP contribution is -2.38. The van der Waals surface area contributed by atoms with E-state index in [1.54, 1.807) is 6.92 Å². The summed E-state index contributed by atoms with van der Waals surface area (Å²) in [6.45, 7) is 8.90. The molecule has 0 bridgehead atoms. The molecule has 0 heterocycles. The summed E-state index contributed by atoms with van der Waals surface area (Å²) in [5.74, 6) is 4.75. The van der Waals surface area contributed by atoms with Crippen LogP contribution >= 0.6 is 15.9 Å². The Morgan fingerprint density at radius 1 is 0.947 bits per heavy atom. The fraction of sp³-hybridized carbons (Fsp3) is 0.941. The molecule has 110 valence electrons. The summed E-state index contributed by atoms with van der Waals surface area (Å²) < 4.78 is 0. The normalized spacial score (nSPS) is 47.9. The quantitative estimate of drug-likeness (QED) is 0.646. The summed E-state index contributed by atoms with van der Waals surface area (Å²) in [5.41, 5.74) is 0. The first-order chi connectivity index (χ1) is 8.90. The van der Waals surface area contributed by atoms with E-state index in [2.05, 4.69) is 36.7 Å². The minimum Gasteiger partial charge on any atom is -0.300 e. The average molecular weight is 329 g/mol. The maximum atomic E-state index is 11.6. The largest absolute Gasteiger partial charge is 0.300 e. The first-order valence-electron chi connectivity index (χ1n) is 8.04. The Balaban J connectivity index is 1.98. The highest BCUT2D eigenvalue weighted by Crippen LogP contribution is 2.47. The van der Waals surface area contributed by atoms with Crippen molar-refractivity contribution in [2.45, 2.75) is 64.6 Å². The second-order valence-electron chi connectivity index (χ2n) is 7.37. The van der Waals surface area contributed by atoms with E-state index in [-0.39, 0.29) is 0 Å². The van der Waals surface area contributed by atoms with Gasteiger partial charge in [-0.2, -0.15) is 0 Å². The van der Waals surface area contributed by atoms with E-state index in [1.165, 1.54) is 25.7 Å². The Labute approximate surface area is 127 Å². The Bertz CT molecular complexity index is 327. The van der Waals surface area contributed by atoms with Crippen molar-refractivity contribution in [1.82, 2.24) is 0 Å². The van der Waals surface area contributed by atoms with Gasteiger partial charge in [0.15, 0.2) is 0 Å². The van der Waals surface area contributed by atoms with Crippen molar-refractivity contribution in [1.29, 1.82) is 0 Å². The van der Waals surface area contributed by atoms with Gasteiger partial charge in [0.25, 0.3) is 0 Å². The van der Waals surface area contributed by atoms with Crippen molar-refractivity contribution in [2.24, 2.45) is 35.5 Å². The van der Waals surface area contributed by atoms with Crippen molar-refractivity contribution in [2.75, 3.05) is 0 Å². The molecule has 2 aliphatic rings. The summed E-state index contributed by atoms with van der Waals surface area (Å²) >= 11 is 3.84. The number of hydrogen-bond donors (Lipinski definition) is 0. The fourth-order valence-electron chi connectivity index (χ4n) is 4.66. The van der Waals surface area contributed by atoms with Gasteiger partial charge in [0.2, 0.25) is 0 Å². The van der Waals surface area contributed by atoms with E-state index in [0.29, 0.717) is 22.4 Å². The molecule has 2 saturated carbocycles. The van der Waals surface area contributed by atoms with E-state index in [0.717, 1.165) is 30.1 Å². The Morgan fingerprint density at radius 2 is 1.63 bits per heavy atom. The van der Waals surface area contributed by atoms with Crippen LogP contribution in [0.5, 0.6) is 0 Å². The molecule has 0 aromatic rings. The SMILES string of the molecule is CC(=O)C1CCC(C2CC(C)C(Br)CC2C)CC1C. The number of ketones is 1. The standard InChI is InChI=1S/C17H29BrO/c1-10-7-14(5-6-15(10)13(4)19)16-8-12(3)17(18)9-11(16)2/h10-12,14-17H,5-9H2,1-4H3. The van der Waals surface area contributed by atoms with Gasteiger partial charge in [-0.05, 0) is 68.6 Å². The molecule has 2 fully saturated rings. The summed E-state index contributed by atoms with van der Waals surface area (Å²) in [7, 11) is 0. The minimum absolute atomic E-state index is 0.344. The van der Waals surface area contributed by atoms with Crippen molar-refractivity contribution in [3.05, 3.63) is 0 Å². The van der Waals surface area contributed by atoms with Crippen LogP contribution < -0.4 is 0 Å². The van der Waals surface area contributed by atoms with Crippen LogP contribution in [0.4, 0.5) is 0 Å². The van der Waals surface area contributed by atoms with Crippen LogP contribution in [0.1, 0.15) is 59.8 Å². The Hall–Kier alpha value is 0.150.